The van der Waals surface area contributed by atoms with Crippen molar-refractivity contribution in [2.75, 3.05) is 13.1 Å². The monoisotopic (exact) mass is 502 g/mol. The van der Waals surface area contributed by atoms with Crippen LogP contribution in [-0.4, -0.2) is 38.7 Å². The number of carbonyl (C=O) groups is 1. The number of nitrogens with zero attached hydrogens (tertiary/aromatic N) is 4. The van der Waals surface area contributed by atoms with Gasteiger partial charge in [0.2, 0.25) is 5.91 Å². The number of benzene rings is 1. The van der Waals surface area contributed by atoms with Crippen molar-refractivity contribution in [3.8, 4) is 0 Å². The van der Waals surface area contributed by atoms with E-state index in [4.69, 9.17) is 4.98 Å². The van der Waals surface area contributed by atoms with Gasteiger partial charge in [-0.3, -0.25) is 9.48 Å². The molecule has 1 fully saturated rings. The van der Waals surface area contributed by atoms with Gasteiger partial charge in [-0.25, -0.2) is 4.98 Å². The van der Waals surface area contributed by atoms with Crippen molar-refractivity contribution in [1.29, 1.82) is 0 Å². The van der Waals surface area contributed by atoms with Crippen molar-refractivity contribution in [3.05, 3.63) is 75.5 Å². The third-order valence-corrected chi connectivity index (χ3v) is 7.47. The Kier molecular flexibility index (Phi) is 7.74. The SMILES string of the molecule is Cc1cc(C(F)(F)F)nn1CC(=O)N1CCC(c2nc(/C=C\CC(C)c3ccccc3)cs2)CC1. The first kappa shape index (κ1) is 25.2. The van der Waals surface area contributed by atoms with Crippen LogP contribution in [0.3, 0.4) is 0 Å². The molecular formula is C26H29F3N4OS. The Hall–Kier alpha value is -2.94. The summed E-state index contributed by atoms with van der Waals surface area (Å²) < 4.78 is 39.8. The summed E-state index contributed by atoms with van der Waals surface area (Å²) in [6.07, 6.45) is 2.24. The van der Waals surface area contributed by atoms with E-state index in [0.29, 0.717) is 24.7 Å². The molecule has 0 aliphatic carbocycles. The molecule has 186 valence electrons. The van der Waals surface area contributed by atoms with Gasteiger partial charge in [0.15, 0.2) is 5.69 Å². The topological polar surface area (TPSA) is 51.0 Å². The molecule has 1 aliphatic rings. The number of halogens is 3. The Morgan fingerprint density at radius 1 is 1.23 bits per heavy atom. The molecule has 3 heterocycles. The Labute approximate surface area is 207 Å². The summed E-state index contributed by atoms with van der Waals surface area (Å²) in [7, 11) is 0. The van der Waals surface area contributed by atoms with Crippen LogP contribution in [0.5, 0.6) is 0 Å². The van der Waals surface area contributed by atoms with Crippen LogP contribution in [0.25, 0.3) is 6.08 Å². The molecule has 3 aromatic rings. The van der Waals surface area contributed by atoms with Gasteiger partial charge < -0.3 is 4.90 Å². The van der Waals surface area contributed by atoms with Gasteiger partial charge in [0.1, 0.15) is 6.54 Å². The maximum absolute atomic E-state index is 12.9. The Bertz CT molecular complexity index is 1160. The lowest BCUT2D eigenvalue weighted by molar-refractivity contribution is -0.142. The summed E-state index contributed by atoms with van der Waals surface area (Å²) in [6, 6.07) is 11.4. The lowest BCUT2D eigenvalue weighted by Crippen LogP contribution is -2.40. The van der Waals surface area contributed by atoms with Crippen molar-refractivity contribution in [2.24, 2.45) is 0 Å². The first-order valence-corrected chi connectivity index (χ1v) is 12.6. The van der Waals surface area contributed by atoms with E-state index in [0.717, 1.165) is 40.7 Å². The fourth-order valence-corrected chi connectivity index (χ4v) is 5.25. The second-order valence-electron chi connectivity index (χ2n) is 9.04. The van der Waals surface area contributed by atoms with E-state index in [9.17, 15) is 18.0 Å². The summed E-state index contributed by atoms with van der Waals surface area (Å²) in [5, 5.41) is 6.70. The number of hydrogen-bond donors (Lipinski definition) is 0. The molecule has 35 heavy (non-hydrogen) atoms. The molecule has 0 N–H and O–H groups in total. The van der Waals surface area contributed by atoms with Crippen molar-refractivity contribution >= 4 is 23.3 Å². The highest BCUT2D eigenvalue weighted by atomic mass is 32.1. The predicted molar refractivity (Wildman–Crippen MR) is 131 cm³/mol. The standard InChI is InChI=1S/C26H29F3N4OS/c1-18(20-8-4-3-5-9-20)7-6-10-22-17-35-25(30-22)21-11-13-32(14-12-21)24(34)16-33-19(2)15-23(31-33)26(27,28)29/h3-6,8-10,15,17-18,21H,7,11-14,16H2,1-2H3/b10-6-. The molecule has 2 aromatic heterocycles. The number of rotatable bonds is 7. The van der Waals surface area contributed by atoms with Crippen LogP contribution >= 0.6 is 11.3 Å². The highest BCUT2D eigenvalue weighted by Crippen LogP contribution is 2.31. The molecule has 0 radical (unpaired) electrons. The molecular weight excluding hydrogens is 473 g/mol. The molecule has 1 atom stereocenters. The molecule has 1 amide bonds. The van der Waals surface area contributed by atoms with Crippen molar-refractivity contribution in [2.45, 2.75) is 57.7 Å². The zero-order valence-electron chi connectivity index (χ0n) is 19.8. The largest absolute Gasteiger partial charge is 0.435 e. The van der Waals surface area contributed by atoms with E-state index in [1.165, 1.54) is 12.5 Å². The van der Waals surface area contributed by atoms with E-state index in [1.54, 1.807) is 16.2 Å². The summed E-state index contributed by atoms with van der Waals surface area (Å²) >= 11 is 1.64. The average molecular weight is 503 g/mol. The molecule has 9 heteroatoms. The van der Waals surface area contributed by atoms with Gasteiger partial charge in [0.05, 0.1) is 10.7 Å². The van der Waals surface area contributed by atoms with Crippen LogP contribution in [0, 0.1) is 6.92 Å². The van der Waals surface area contributed by atoms with E-state index in [-0.39, 0.29) is 18.4 Å². The molecule has 1 unspecified atom stereocenters. The highest BCUT2D eigenvalue weighted by molar-refractivity contribution is 7.09. The molecule has 0 spiro atoms. The maximum Gasteiger partial charge on any atom is 0.435 e. The molecule has 1 saturated heterocycles. The summed E-state index contributed by atoms with van der Waals surface area (Å²) in [6.45, 7) is 4.69. The number of aryl methyl sites for hydroxylation is 1. The number of hydrogen-bond acceptors (Lipinski definition) is 4. The van der Waals surface area contributed by atoms with Crippen LogP contribution in [0.4, 0.5) is 13.2 Å². The number of thiazole rings is 1. The van der Waals surface area contributed by atoms with Crippen LogP contribution in [0.1, 0.15) is 65.7 Å². The molecule has 5 nitrogen and oxygen atoms in total. The van der Waals surface area contributed by atoms with Gasteiger partial charge >= 0.3 is 6.18 Å². The normalized spacial score (nSPS) is 16.2. The molecule has 0 bridgehead atoms. The van der Waals surface area contributed by atoms with E-state index in [2.05, 4.69) is 53.8 Å². The van der Waals surface area contributed by atoms with Crippen LogP contribution in [0.15, 0.2) is 47.9 Å². The van der Waals surface area contributed by atoms with E-state index < -0.39 is 11.9 Å². The zero-order valence-corrected chi connectivity index (χ0v) is 20.6. The van der Waals surface area contributed by atoms with Crippen LogP contribution in [-0.2, 0) is 17.5 Å². The number of amides is 1. The van der Waals surface area contributed by atoms with Crippen LogP contribution < -0.4 is 0 Å². The molecule has 1 aromatic carbocycles. The third kappa shape index (κ3) is 6.39. The second-order valence-corrected chi connectivity index (χ2v) is 9.93. The van der Waals surface area contributed by atoms with Crippen molar-refractivity contribution < 1.29 is 18.0 Å². The minimum absolute atomic E-state index is 0.180. The van der Waals surface area contributed by atoms with Gasteiger partial charge in [-0.05, 0) is 49.8 Å². The minimum Gasteiger partial charge on any atom is -0.341 e. The number of piperidine rings is 1. The van der Waals surface area contributed by atoms with Gasteiger partial charge in [-0.2, -0.15) is 18.3 Å². The van der Waals surface area contributed by atoms with Gasteiger partial charge in [0.25, 0.3) is 0 Å². The summed E-state index contributed by atoms with van der Waals surface area (Å²) in [5.41, 5.74) is 1.63. The molecule has 4 rings (SSSR count). The van der Waals surface area contributed by atoms with E-state index in [1.807, 2.05) is 6.07 Å². The predicted octanol–water partition coefficient (Wildman–Crippen LogP) is 6.28. The van der Waals surface area contributed by atoms with Crippen LogP contribution in [0.2, 0.25) is 0 Å². The summed E-state index contributed by atoms with van der Waals surface area (Å²) in [5.74, 6) is 0.523. The lowest BCUT2D eigenvalue weighted by atomic mass is 9.97. The minimum atomic E-state index is -4.51. The average Bonchev–Trinajstić information content (AvgIpc) is 3.46. The quantitative estimate of drug-likeness (QED) is 0.382. The van der Waals surface area contributed by atoms with Gasteiger partial charge in [-0.15, -0.1) is 11.3 Å². The molecule has 1 aliphatic heterocycles. The number of likely N-dealkylation sites (tertiary alicyclic amines) is 1. The molecule has 0 saturated carbocycles. The van der Waals surface area contributed by atoms with Gasteiger partial charge in [0, 0.05) is 30.1 Å². The number of allylic oxidation sites excluding steroid dienone is 1. The third-order valence-electron chi connectivity index (χ3n) is 6.44. The lowest BCUT2D eigenvalue weighted by Gasteiger charge is -2.31. The zero-order chi connectivity index (χ0) is 25.0. The highest BCUT2D eigenvalue weighted by Gasteiger charge is 2.35. The number of alkyl halides is 3. The fourth-order valence-electron chi connectivity index (χ4n) is 4.29. The second kappa shape index (κ2) is 10.8. The summed E-state index contributed by atoms with van der Waals surface area (Å²) in [4.78, 5) is 19.2. The number of carbonyl (C=O) groups excluding carboxylic acids is 1. The maximum atomic E-state index is 12.9. The Morgan fingerprint density at radius 2 is 1.94 bits per heavy atom. The van der Waals surface area contributed by atoms with Crippen molar-refractivity contribution in [3.63, 3.8) is 0 Å². The van der Waals surface area contributed by atoms with Gasteiger partial charge in [-0.1, -0.05) is 43.3 Å². The Morgan fingerprint density at radius 3 is 2.60 bits per heavy atom. The smallest absolute Gasteiger partial charge is 0.341 e. The fraction of sp³-hybridized carbons (Fsp3) is 0.423. The first-order chi connectivity index (χ1) is 16.7. The van der Waals surface area contributed by atoms with Crippen molar-refractivity contribution in [1.82, 2.24) is 19.7 Å². The number of aromatic nitrogens is 3. The van der Waals surface area contributed by atoms with E-state index >= 15 is 0 Å². The first-order valence-electron chi connectivity index (χ1n) is 11.8. The Balaban J connectivity index is 1.27.